The quantitative estimate of drug-likeness (QED) is 0.428. The number of benzene rings is 1. The summed E-state index contributed by atoms with van der Waals surface area (Å²) < 4.78 is 15.1. The smallest absolute Gasteiger partial charge is 0.343 e. The van der Waals surface area contributed by atoms with Crippen LogP contribution in [-0.4, -0.2) is 61.9 Å². The Hall–Kier alpha value is -2.23. The molecule has 0 saturated carbocycles. The van der Waals surface area contributed by atoms with Crippen LogP contribution in [0.3, 0.4) is 0 Å². The molecule has 9 nitrogen and oxygen atoms in total. The number of rotatable bonds is 7. The van der Waals surface area contributed by atoms with Gasteiger partial charge >= 0.3 is 11.7 Å². The largest absolute Gasteiger partial charge is 0.475 e. The fourth-order valence-corrected chi connectivity index (χ4v) is 2.45. The van der Waals surface area contributed by atoms with Gasteiger partial charge in [0, 0.05) is 32.2 Å². The number of methoxy groups -OCH3 is 1. The van der Waals surface area contributed by atoms with Crippen molar-refractivity contribution < 1.29 is 23.9 Å². The lowest BCUT2D eigenvalue weighted by atomic mass is 10.1. The lowest BCUT2D eigenvalue weighted by Crippen LogP contribution is -2.45. The van der Waals surface area contributed by atoms with Gasteiger partial charge in [-0.1, -0.05) is 6.07 Å². The van der Waals surface area contributed by atoms with E-state index in [9.17, 15) is 14.9 Å². The van der Waals surface area contributed by atoms with Crippen LogP contribution in [0.25, 0.3) is 0 Å². The van der Waals surface area contributed by atoms with Crippen molar-refractivity contribution in [2.24, 2.45) is 5.73 Å². The summed E-state index contributed by atoms with van der Waals surface area (Å²) >= 11 is 0. The molecule has 1 aliphatic rings. The Bertz CT molecular complexity index is 595. The average Bonchev–Trinajstić information content (AvgIpc) is 2.60. The zero-order chi connectivity index (χ0) is 17.5. The van der Waals surface area contributed by atoms with Gasteiger partial charge < -0.3 is 19.9 Å². The van der Waals surface area contributed by atoms with Crippen molar-refractivity contribution in [3.8, 4) is 5.75 Å². The van der Waals surface area contributed by atoms with Gasteiger partial charge in [-0.25, -0.2) is 4.79 Å². The molecule has 1 saturated heterocycles. The van der Waals surface area contributed by atoms with Crippen LogP contribution in [0.15, 0.2) is 18.2 Å². The van der Waals surface area contributed by atoms with Crippen molar-refractivity contribution >= 4 is 11.7 Å². The molecule has 24 heavy (non-hydrogen) atoms. The zero-order valence-electron chi connectivity index (χ0n) is 13.5. The predicted octanol–water partition coefficient (Wildman–Crippen LogP) is 0.306. The molecular weight excluding hydrogens is 318 g/mol. The van der Waals surface area contributed by atoms with E-state index in [4.69, 9.17) is 15.2 Å². The summed E-state index contributed by atoms with van der Waals surface area (Å²) in [6, 6.07) is 4.70. The van der Waals surface area contributed by atoms with Crippen molar-refractivity contribution in [3.05, 3.63) is 33.9 Å². The van der Waals surface area contributed by atoms with Crippen molar-refractivity contribution in [2.75, 3.05) is 40.0 Å². The minimum Gasteiger partial charge on any atom is -0.475 e. The van der Waals surface area contributed by atoms with Crippen LogP contribution in [0.1, 0.15) is 5.56 Å². The molecule has 2 rings (SSSR count). The molecule has 1 atom stereocenters. The van der Waals surface area contributed by atoms with Crippen molar-refractivity contribution in [3.63, 3.8) is 0 Å². The number of carbonyl (C=O) groups is 1. The summed E-state index contributed by atoms with van der Waals surface area (Å²) in [5.74, 6) is -0.564. The molecule has 0 bridgehead atoms. The van der Waals surface area contributed by atoms with Gasteiger partial charge in [-0.15, -0.1) is 0 Å². The Labute approximate surface area is 139 Å². The maximum atomic E-state index is 11.2. The first-order chi connectivity index (χ1) is 11.5. The second-order valence-electron chi connectivity index (χ2n) is 5.39. The second kappa shape index (κ2) is 8.57. The number of nitrogens with two attached hydrogens (primary N) is 1. The molecule has 1 aromatic carbocycles. The third-order valence-electron chi connectivity index (χ3n) is 3.69. The first-order valence-electron chi connectivity index (χ1n) is 7.54. The number of carbonyl (C=O) groups excluding carboxylic acids is 1. The minimum atomic E-state index is -0.602. The SMILES string of the molecule is COC(=O)COc1ccc(CN2CCOC(CN)C2)cc1[N+](=O)[O-]. The molecule has 1 heterocycles. The number of nitro groups is 1. The Morgan fingerprint density at radius 1 is 1.54 bits per heavy atom. The molecule has 2 N–H and O–H groups in total. The summed E-state index contributed by atoms with van der Waals surface area (Å²) in [7, 11) is 1.22. The molecule has 1 aromatic rings. The predicted molar refractivity (Wildman–Crippen MR) is 84.7 cm³/mol. The van der Waals surface area contributed by atoms with Crippen LogP contribution in [-0.2, 0) is 20.8 Å². The molecule has 1 aliphatic heterocycles. The van der Waals surface area contributed by atoms with Crippen molar-refractivity contribution in [2.45, 2.75) is 12.6 Å². The standard InChI is InChI=1S/C15H21N3O6/c1-22-15(19)10-24-14-3-2-11(6-13(14)18(20)21)8-17-4-5-23-12(7-16)9-17/h2-3,6,12H,4-5,7-10,16H2,1H3. The van der Waals surface area contributed by atoms with Crippen LogP contribution in [0.2, 0.25) is 0 Å². The number of ether oxygens (including phenoxy) is 3. The summed E-state index contributed by atoms with van der Waals surface area (Å²) in [4.78, 5) is 24.0. The maximum Gasteiger partial charge on any atom is 0.343 e. The van der Waals surface area contributed by atoms with Gasteiger partial charge in [-0.2, -0.15) is 0 Å². The number of nitrogens with zero attached hydrogens (tertiary/aromatic N) is 2. The first kappa shape index (κ1) is 18.1. The summed E-state index contributed by atoms with van der Waals surface area (Å²) in [6.45, 7) is 2.63. The average molecular weight is 339 g/mol. The number of nitro benzene ring substituents is 1. The number of hydrogen-bond acceptors (Lipinski definition) is 8. The van der Waals surface area contributed by atoms with E-state index in [1.54, 1.807) is 6.07 Å². The fraction of sp³-hybridized carbons (Fsp3) is 0.533. The van der Waals surface area contributed by atoms with E-state index in [1.807, 2.05) is 0 Å². The molecule has 0 amide bonds. The molecule has 0 spiro atoms. The molecular formula is C15H21N3O6. The fourth-order valence-electron chi connectivity index (χ4n) is 2.45. The summed E-state index contributed by atoms with van der Waals surface area (Å²) in [6.07, 6.45) is -0.0172. The third-order valence-corrected chi connectivity index (χ3v) is 3.69. The molecule has 0 aliphatic carbocycles. The highest BCUT2D eigenvalue weighted by Crippen LogP contribution is 2.28. The maximum absolute atomic E-state index is 11.2. The van der Waals surface area contributed by atoms with Gasteiger partial charge in [0.2, 0.25) is 0 Å². The van der Waals surface area contributed by atoms with Gasteiger partial charge in [-0.3, -0.25) is 15.0 Å². The molecule has 0 radical (unpaired) electrons. The molecule has 0 aromatic heterocycles. The minimum absolute atomic E-state index is 0.0172. The van der Waals surface area contributed by atoms with Crippen LogP contribution in [0.5, 0.6) is 5.75 Å². The van der Waals surface area contributed by atoms with Crippen LogP contribution < -0.4 is 10.5 Å². The number of esters is 1. The van der Waals surface area contributed by atoms with Crippen molar-refractivity contribution in [1.29, 1.82) is 0 Å². The topological polar surface area (TPSA) is 117 Å². The monoisotopic (exact) mass is 339 g/mol. The lowest BCUT2D eigenvalue weighted by Gasteiger charge is -2.32. The van der Waals surface area contributed by atoms with E-state index in [0.717, 1.165) is 12.1 Å². The highest BCUT2D eigenvalue weighted by Gasteiger charge is 2.22. The van der Waals surface area contributed by atoms with E-state index in [2.05, 4.69) is 9.64 Å². The van der Waals surface area contributed by atoms with Gasteiger partial charge in [0.05, 0.1) is 24.7 Å². The van der Waals surface area contributed by atoms with Crippen LogP contribution >= 0.6 is 0 Å². The molecule has 1 unspecified atom stereocenters. The van der Waals surface area contributed by atoms with E-state index < -0.39 is 10.9 Å². The molecule has 1 fully saturated rings. The van der Waals surface area contributed by atoms with Gasteiger partial charge in [0.25, 0.3) is 0 Å². The van der Waals surface area contributed by atoms with E-state index in [0.29, 0.717) is 26.2 Å². The Morgan fingerprint density at radius 2 is 2.33 bits per heavy atom. The highest BCUT2D eigenvalue weighted by atomic mass is 16.6. The van der Waals surface area contributed by atoms with E-state index in [-0.39, 0.29) is 24.1 Å². The lowest BCUT2D eigenvalue weighted by molar-refractivity contribution is -0.385. The van der Waals surface area contributed by atoms with Crippen LogP contribution in [0, 0.1) is 10.1 Å². The normalized spacial score (nSPS) is 18.2. The number of morpholine rings is 1. The first-order valence-corrected chi connectivity index (χ1v) is 7.54. The summed E-state index contributed by atoms with van der Waals surface area (Å²) in [5, 5.41) is 11.2. The Kier molecular flexibility index (Phi) is 6.47. The Balaban J connectivity index is 2.07. The van der Waals surface area contributed by atoms with Crippen LogP contribution in [0.4, 0.5) is 5.69 Å². The van der Waals surface area contributed by atoms with Crippen molar-refractivity contribution in [1.82, 2.24) is 4.90 Å². The number of hydrogen-bond donors (Lipinski definition) is 1. The van der Waals surface area contributed by atoms with Gasteiger partial charge in [-0.05, 0) is 11.6 Å². The summed E-state index contributed by atoms with van der Waals surface area (Å²) in [5.41, 5.74) is 6.22. The van der Waals surface area contributed by atoms with E-state index >= 15 is 0 Å². The Morgan fingerprint density at radius 3 is 3.00 bits per heavy atom. The van der Waals surface area contributed by atoms with E-state index in [1.165, 1.54) is 19.2 Å². The highest BCUT2D eigenvalue weighted by molar-refractivity contribution is 5.71. The second-order valence-corrected chi connectivity index (χ2v) is 5.39. The zero-order valence-corrected chi connectivity index (χ0v) is 13.5. The molecule has 9 heteroatoms. The molecule has 132 valence electrons. The van der Waals surface area contributed by atoms with Gasteiger partial charge in [0.1, 0.15) is 0 Å². The van der Waals surface area contributed by atoms with Gasteiger partial charge in [0.15, 0.2) is 12.4 Å². The third kappa shape index (κ3) is 4.88.